The van der Waals surface area contributed by atoms with E-state index in [0.29, 0.717) is 41.4 Å². The summed E-state index contributed by atoms with van der Waals surface area (Å²) in [6.07, 6.45) is 11.3. The van der Waals surface area contributed by atoms with Gasteiger partial charge >= 0.3 is 11.9 Å². The van der Waals surface area contributed by atoms with Crippen LogP contribution in [0.4, 0.5) is 0 Å². The van der Waals surface area contributed by atoms with Crippen LogP contribution in [0.1, 0.15) is 124 Å². The van der Waals surface area contributed by atoms with E-state index in [1.807, 2.05) is 67.7 Å². The maximum atomic E-state index is 14.2. The third kappa shape index (κ3) is 6.24. The lowest BCUT2D eigenvalue weighted by atomic mass is 9.34. The summed E-state index contributed by atoms with van der Waals surface area (Å²) in [4.78, 5) is 49.7. The van der Waals surface area contributed by atoms with Crippen LogP contribution in [0.25, 0.3) is 11.3 Å². The zero-order valence-electron chi connectivity index (χ0n) is 36.1. The molecule has 0 radical (unpaired) electrons. The van der Waals surface area contributed by atoms with E-state index >= 15 is 0 Å². The van der Waals surface area contributed by atoms with Crippen molar-refractivity contribution >= 4 is 29.3 Å². The average molecular weight is 820 g/mol. The van der Waals surface area contributed by atoms with Gasteiger partial charge in [0, 0.05) is 11.4 Å². The van der Waals surface area contributed by atoms with Crippen molar-refractivity contribution in [2.45, 2.75) is 131 Å². The van der Waals surface area contributed by atoms with E-state index in [1.54, 1.807) is 0 Å². The molecule has 11 unspecified atom stereocenters. The zero-order chi connectivity index (χ0) is 41.6. The molecule has 2 aromatic carbocycles. The first-order valence-corrected chi connectivity index (χ1v) is 23.0. The van der Waals surface area contributed by atoms with Gasteiger partial charge in [0.25, 0.3) is 0 Å². The van der Waals surface area contributed by atoms with E-state index in [0.717, 1.165) is 79.6 Å². The fourth-order valence-corrected chi connectivity index (χ4v) is 14.6. The van der Waals surface area contributed by atoms with Crippen molar-refractivity contribution < 1.29 is 23.9 Å². The predicted molar refractivity (Wildman–Crippen MR) is 230 cm³/mol. The number of aromatic nitrogens is 2. The Kier molecular flexibility index (Phi) is 10.2. The molecule has 1 N–H and O–H groups in total. The molecular formula is C51H63ClN2O5. The molecule has 8 heteroatoms. The molecule has 1 heterocycles. The number of rotatable bonds is 8. The molecule has 0 saturated heterocycles. The largest absolute Gasteiger partial charge is 0.462 e. The number of ketones is 1. The minimum Gasteiger partial charge on any atom is -0.462 e. The zero-order valence-corrected chi connectivity index (χ0v) is 36.9. The lowest BCUT2D eigenvalue weighted by molar-refractivity contribution is -0.216. The minimum atomic E-state index is -0.396. The number of nitrogens with zero attached hydrogens (tertiary/aromatic N) is 1. The Morgan fingerprint density at radius 1 is 0.864 bits per heavy atom. The highest BCUT2D eigenvalue weighted by Crippen LogP contribution is 2.76. The Bertz CT molecular complexity index is 2160. The molecule has 59 heavy (non-hydrogen) atoms. The normalized spacial score (nSPS) is 38.8. The van der Waals surface area contributed by atoms with Gasteiger partial charge < -0.3 is 14.5 Å². The number of nitrogens with one attached hydrogen (secondary N) is 1. The topological polar surface area (TPSA) is 98.3 Å². The summed E-state index contributed by atoms with van der Waals surface area (Å²) in [6, 6.07) is 17.6. The Balaban J connectivity index is 0.912. The monoisotopic (exact) mass is 818 g/mol. The van der Waals surface area contributed by atoms with Crippen molar-refractivity contribution in [1.29, 1.82) is 0 Å². The van der Waals surface area contributed by atoms with Crippen LogP contribution in [0.15, 0.2) is 71.9 Å². The van der Waals surface area contributed by atoms with Gasteiger partial charge in [-0.1, -0.05) is 103 Å². The number of aromatic amines is 1. The number of carbonyl (C=O) groups excluding carboxylic acids is 3. The second-order valence-corrected chi connectivity index (χ2v) is 21.2. The third-order valence-electron chi connectivity index (χ3n) is 18.0. The molecule has 9 rings (SSSR count). The van der Waals surface area contributed by atoms with Crippen LogP contribution in [0.5, 0.6) is 0 Å². The highest BCUT2D eigenvalue weighted by Gasteiger charge is 2.69. The number of allylic oxidation sites excluding steroid dienone is 2. The van der Waals surface area contributed by atoms with Gasteiger partial charge in [-0.25, -0.2) is 4.98 Å². The van der Waals surface area contributed by atoms with Crippen molar-refractivity contribution in [3.05, 3.63) is 88.4 Å². The molecule has 5 saturated carbocycles. The van der Waals surface area contributed by atoms with Crippen LogP contribution < -0.4 is 0 Å². The number of Topliss-reactive ketones (excluding diaryl/α,β-unsaturated/α-hetero) is 1. The number of imidazole rings is 1. The van der Waals surface area contributed by atoms with Crippen LogP contribution in [0, 0.1) is 63.6 Å². The van der Waals surface area contributed by atoms with Gasteiger partial charge in [0.1, 0.15) is 18.5 Å². The molecule has 6 aliphatic rings. The average Bonchev–Trinajstić information content (AvgIpc) is 3.82. The summed E-state index contributed by atoms with van der Waals surface area (Å²) < 4.78 is 12.1. The molecule has 314 valence electrons. The number of halogens is 1. The summed E-state index contributed by atoms with van der Waals surface area (Å²) >= 11 is 6.23. The molecular weight excluding hydrogens is 756 g/mol. The summed E-state index contributed by atoms with van der Waals surface area (Å²) in [6.45, 7) is 16.8. The summed E-state index contributed by atoms with van der Waals surface area (Å²) in [5, 5.41) is 0.707. The van der Waals surface area contributed by atoms with E-state index in [-0.39, 0.29) is 70.5 Å². The molecule has 0 spiro atoms. The van der Waals surface area contributed by atoms with Gasteiger partial charge in [-0.05, 0) is 144 Å². The molecule has 6 aliphatic carbocycles. The molecule has 0 bridgehead atoms. The SMILES string of the molecule is CC(C)C1=C2C3CCC4C5(C)CCC(OC(=O)C6CC(C(=O)OCc7ccccc7)C6C)C(C)C5CCC4(C)[C@]3(C)CCC2(c2ncc(-c3ccc(Cl)cc3)[nH]2)CC1=O. The van der Waals surface area contributed by atoms with Crippen molar-refractivity contribution in [3.63, 3.8) is 0 Å². The number of fused-ring (bicyclic) bond motifs is 7. The fraction of sp³-hybridized carbons (Fsp3) is 0.608. The highest BCUT2D eigenvalue weighted by molar-refractivity contribution is 6.30. The minimum absolute atomic E-state index is 0.0464. The molecule has 3 aromatic rings. The van der Waals surface area contributed by atoms with Crippen LogP contribution in [0.2, 0.25) is 5.02 Å². The molecule has 0 amide bonds. The smallest absolute Gasteiger partial charge is 0.309 e. The molecule has 5 fully saturated rings. The number of ether oxygens (including phenoxy) is 2. The van der Waals surface area contributed by atoms with E-state index in [1.165, 1.54) is 5.57 Å². The van der Waals surface area contributed by atoms with Crippen molar-refractivity contribution in [3.8, 4) is 11.3 Å². The van der Waals surface area contributed by atoms with Crippen LogP contribution in [-0.2, 0) is 35.9 Å². The number of H-pyrrole nitrogens is 1. The number of hydrogen-bond acceptors (Lipinski definition) is 6. The molecule has 7 nitrogen and oxygen atoms in total. The van der Waals surface area contributed by atoms with E-state index in [4.69, 9.17) is 26.1 Å². The maximum absolute atomic E-state index is 14.2. The second-order valence-electron chi connectivity index (χ2n) is 20.8. The first-order chi connectivity index (χ1) is 28.1. The number of esters is 2. The Labute approximate surface area is 355 Å². The predicted octanol–water partition coefficient (Wildman–Crippen LogP) is 11.5. The van der Waals surface area contributed by atoms with Crippen LogP contribution >= 0.6 is 11.6 Å². The first-order valence-electron chi connectivity index (χ1n) is 22.6. The van der Waals surface area contributed by atoms with Gasteiger partial charge in [0.2, 0.25) is 0 Å². The van der Waals surface area contributed by atoms with Gasteiger partial charge in [-0.3, -0.25) is 14.4 Å². The quantitative estimate of drug-likeness (QED) is 0.227. The van der Waals surface area contributed by atoms with Crippen LogP contribution in [-0.4, -0.2) is 33.8 Å². The first kappa shape index (κ1) is 40.7. The van der Waals surface area contributed by atoms with Crippen molar-refractivity contribution in [1.82, 2.24) is 9.97 Å². The Hall–Kier alpha value is -3.71. The summed E-state index contributed by atoms with van der Waals surface area (Å²) in [5.74, 6) is 2.07. The third-order valence-corrected chi connectivity index (χ3v) is 18.3. The Morgan fingerprint density at radius 2 is 1.59 bits per heavy atom. The van der Waals surface area contributed by atoms with Gasteiger partial charge in [0.15, 0.2) is 5.78 Å². The molecule has 12 atom stereocenters. The van der Waals surface area contributed by atoms with Crippen molar-refractivity contribution in [2.75, 3.05) is 0 Å². The highest BCUT2D eigenvalue weighted by atomic mass is 35.5. The van der Waals surface area contributed by atoms with Gasteiger partial charge in [-0.15, -0.1) is 0 Å². The summed E-state index contributed by atoms with van der Waals surface area (Å²) in [7, 11) is 0. The van der Waals surface area contributed by atoms with E-state index in [9.17, 15) is 14.4 Å². The molecule has 0 aliphatic heterocycles. The lowest BCUT2D eigenvalue weighted by Gasteiger charge is -2.71. The van der Waals surface area contributed by atoms with Crippen molar-refractivity contribution in [2.24, 2.45) is 63.6 Å². The van der Waals surface area contributed by atoms with Crippen LogP contribution in [0.3, 0.4) is 0 Å². The Morgan fingerprint density at radius 3 is 2.31 bits per heavy atom. The standard InChI is InChI=1S/C51H63ClN2O5/c1-29(2)43-40(55)26-51(47-53-27-39(54-47)33-13-15-34(52)16-14-33)24-23-49(6)38(44(43)51)17-18-42-48(5)21-20-41(31(4)37(48)19-22-50(42,49)7)59-46(57)36-25-35(30(36)3)45(56)58-28-32-11-9-8-10-12-32/h8-16,27,29-31,35-38,41-42H,17-26,28H2,1-7H3,(H,53,54)/t30?,31?,35?,36?,37?,38?,41?,42?,48?,49-,50?,51?/m1/s1. The van der Waals surface area contributed by atoms with E-state index < -0.39 is 5.41 Å². The van der Waals surface area contributed by atoms with Gasteiger partial charge in [0.05, 0.1) is 29.1 Å². The summed E-state index contributed by atoms with van der Waals surface area (Å²) in [5.41, 5.74) is 5.35. The fourth-order valence-electron chi connectivity index (χ4n) is 14.5. The van der Waals surface area contributed by atoms with E-state index in [2.05, 4.69) is 46.5 Å². The molecule has 1 aromatic heterocycles. The van der Waals surface area contributed by atoms with Gasteiger partial charge in [-0.2, -0.15) is 0 Å². The second kappa shape index (κ2) is 14.7. The number of carbonyl (C=O) groups is 3. The maximum Gasteiger partial charge on any atom is 0.309 e. The number of hydrogen-bond donors (Lipinski definition) is 1. The lowest BCUT2D eigenvalue weighted by Crippen LogP contribution is -2.64. The number of benzene rings is 2.